The van der Waals surface area contributed by atoms with Crippen LogP contribution in [0.2, 0.25) is 0 Å². The molecule has 116 valence electrons. The van der Waals surface area contributed by atoms with E-state index in [9.17, 15) is 13.5 Å². The van der Waals surface area contributed by atoms with Crippen LogP contribution in [0.25, 0.3) is 0 Å². The van der Waals surface area contributed by atoms with Crippen molar-refractivity contribution in [2.24, 2.45) is 0 Å². The highest BCUT2D eigenvalue weighted by atomic mass is 32.2. The predicted octanol–water partition coefficient (Wildman–Crippen LogP) is -0.252. The molecule has 0 unspecified atom stereocenters. The summed E-state index contributed by atoms with van der Waals surface area (Å²) in [6.07, 6.45) is -0.0739. The Morgan fingerprint density at radius 1 is 1.19 bits per heavy atom. The van der Waals surface area contributed by atoms with E-state index in [1.807, 2.05) is 18.2 Å². The lowest BCUT2D eigenvalue weighted by Crippen LogP contribution is -2.39. The molecule has 6 nitrogen and oxygen atoms in total. The largest absolute Gasteiger partial charge is 0.486 e. The van der Waals surface area contributed by atoms with Crippen molar-refractivity contribution in [3.05, 3.63) is 23.8 Å². The van der Waals surface area contributed by atoms with Gasteiger partial charge in [0.05, 0.1) is 17.6 Å². The number of ether oxygens (including phenoxy) is 2. The number of rotatable bonds is 4. The van der Waals surface area contributed by atoms with Gasteiger partial charge >= 0.3 is 0 Å². The molecule has 1 aromatic carbocycles. The third-order valence-corrected chi connectivity index (χ3v) is 5.47. The summed E-state index contributed by atoms with van der Waals surface area (Å²) in [6.45, 7) is 1.74. The summed E-state index contributed by atoms with van der Waals surface area (Å²) in [6, 6.07) is 5.43. The Balaban J connectivity index is 1.54. The quantitative estimate of drug-likeness (QED) is 0.797. The maximum absolute atomic E-state index is 11.4. The van der Waals surface area contributed by atoms with Gasteiger partial charge in [-0.2, -0.15) is 0 Å². The van der Waals surface area contributed by atoms with Crippen LogP contribution in [-0.2, 0) is 16.3 Å². The van der Waals surface area contributed by atoms with Crippen LogP contribution in [0.5, 0.6) is 11.5 Å². The van der Waals surface area contributed by atoms with E-state index < -0.39 is 15.9 Å². The van der Waals surface area contributed by atoms with Crippen LogP contribution >= 0.6 is 0 Å². The number of aliphatic hydroxyl groups is 1. The summed E-state index contributed by atoms with van der Waals surface area (Å²) in [4.78, 5) is 0. The molecule has 2 atom stereocenters. The highest BCUT2D eigenvalue weighted by Crippen LogP contribution is 2.30. The third kappa shape index (κ3) is 3.48. The predicted molar refractivity (Wildman–Crippen MR) is 77.6 cm³/mol. The summed E-state index contributed by atoms with van der Waals surface area (Å²) in [5.41, 5.74) is 1.09. The van der Waals surface area contributed by atoms with Crippen LogP contribution in [0, 0.1) is 0 Å². The average molecular weight is 313 g/mol. The number of benzene rings is 1. The minimum atomic E-state index is -3.10. The third-order valence-electron chi connectivity index (χ3n) is 3.75. The smallest absolute Gasteiger partial charge is 0.161 e. The van der Waals surface area contributed by atoms with Crippen LogP contribution in [0.4, 0.5) is 0 Å². The first-order chi connectivity index (χ1) is 10.0. The molecule has 3 rings (SSSR count). The number of hydrogen-bond donors (Lipinski definition) is 2. The zero-order valence-corrected chi connectivity index (χ0v) is 12.4. The minimum absolute atomic E-state index is 0.00923. The molecule has 2 heterocycles. The molecule has 0 aromatic heterocycles. The van der Waals surface area contributed by atoms with E-state index >= 15 is 0 Å². The number of fused-ring (bicyclic) bond motifs is 1. The fourth-order valence-corrected chi connectivity index (χ4v) is 4.45. The van der Waals surface area contributed by atoms with Crippen LogP contribution in [0.1, 0.15) is 5.56 Å². The van der Waals surface area contributed by atoms with Gasteiger partial charge in [-0.1, -0.05) is 6.07 Å². The van der Waals surface area contributed by atoms with Gasteiger partial charge in [0.25, 0.3) is 0 Å². The van der Waals surface area contributed by atoms with E-state index in [-0.39, 0.29) is 17.5 Å². The summed E-state index contributed by atoms with van der Waals surface area (Å²) in [5.74, 6) is 1.38. The number of nitrogens with one attached hydrogen (secondary N) is 1. The zero-order chi connectivity index (χ0) is 14.9. The Bertz CT molecular complexity index is 616. The van der Waals surface area contributed by atoms with Gasteiger partial charge in [0.15, 0.2) is 21.3 Å². The second-order valence-electron chi connectivity index (χ2n) is 5.43. The Labute approximate surface area is 124 Å². The fourth-order valence-electron chi connectivity index (χ4n) is 2.67. The Kier molecular flexibility index (Phi) is 4.05. The molecular formula is C14H19NO5S. The average Bonchev–Trinajstić information content (AvgIpc) is 2.71. The molecule has 0 amide bonds. The second kappa shape index (κ2) is 5.82. The Hall–Kier alpha value is -1.31. The van der Waals surface area contributed by atoms with Crippen molar-refractivity contribution < 1.29 is 23.0 Å². The van der Waals surface area contributed by atoms with Crippen molar-refractivity contribution in [1.82, 2.24) is 5.32 Å². The van der Waals surface area contributed by atoms with Crippen LogP contribution < -0.4 is 14.8 Å². The van der Waals surface area contributed by atoms with Gasteiger partial charge in [0.1, 0.15) is 13.2 Å². The van der Waals surface area contributed by atoms with Crippen molar-refractivity contribution in [3.8, 4) is 11.5 Å². The summed E-state index contributed by atoms with van der Waals surface area (Å²) in [7, 11) is -3.10. The lowest BCUT2D eigenvalue weighted by Gasteiger charge is -2.19. The zero-order valence-electron chi connectivity index (χ0n) is 11.6. The summed E-state index contributed by atoms with van der Waals surface area (Å²) in [5, 5.41) is 12.8. The lowest BCUT2D eigenvalue weighted by atomic mass is 10.1. The topological polar surface area (TPSA) is 84.9 Å². The van der Waals surface area contributed by atoms with Crippen LogP contribution in [0.3, 0.4) is 0 Å². The number of sulfone groups is 1. The van der Waals surface area contributed by atoms with Gasteiger partial charge in [-0.3, -0.25) is 0 Å². The highest BCUT2D eigenvalue weighted by molar-refractivity contribution is 7.91. The maximum atomic E-state index is 11.4. The molecule has 2 aliphatic heterocycles. The molecule has 0 saturated carbocycles. The summed E-state index contributed by atoms with van der Waals surface area (Å²) < 4.78 is 33.8. The molecule has 1 fully saturated rings. The molecule has 21 heavy (non-hydrogen) atoms. The van der Waals surface area contributed by atoms with Gasteiger partial charge in [-0.05, 0) is 30.7 Å². The molecule has 1 aromatic rings. The van der Waals surface area contributed by atoms with Crippen LogP contribution in [-0.4, -0.2) is 56.9 Å². The first kappa shape index (κ1) is 14.6. The molecule has 1 saturated heterocycles. The number of hydrogen-bond acceptors (Lipinski definition) is 6. The summed E-state index contributed by atoms with van der Waals surface area (Å²) >= 11 is 0. The number of aliphatic hydroxyl groups excluding tert-OH is 1. The fraction of sp³-hybridized carbons (Fsp3) is 0.571. The van der Waals surface area contributed by atoms with Crippen LogP contribution in [0.15, 0.2) is 18.2 Å². The molecule has 2 aliphatic rings. The van der Waals surface area contributed by atoms with Gasteiger partial charge < -0.3 is 19.9 Å². The molecule has 0 radical (unpaired) electrons. The van der Waals surface area contributed by atoms with Gasteiger partial charge in [-0.15, -0.1) is 0 Å². The first-order valence-electron chi connectivity index (χ1n) is 7.04. The molecule has 0 spiro atoms. The van der Waals surface area contributed by atoms with E-state index in [1.165, 1.54) is 0 Å². The molecule has 2 N–H and O–H groups in total. The van der Waals surface area contributed by atoms with Crippen molar-refractivity contribution in [3.63, 3.8) is 0 Å². The van der Waals surface area contributed by atoms with E-state index in [4.69, 9.17) is 9.47 Å². The van der Waals surface area contributed by atoms with E-state index in [2.05, 4.69) is 5.32 Å². The monoisotopic (exact) mass is 313 g/mol. The van der Waals surface area contributed by atoms with Gasteiger partial charge in [0, 0.05) is 6.04 Å². The van der Waals surface area contributed by atoms with E-state index in [1.54, 1.807) is 0 Å². The normalized spacial score (nSPS) is 26.7. The Morgan fingerprint density at radius 3 is 2.67 bits per heavy atom. The van der Waals surface area contributed by atoms with Crippen molar-refractivity contribution in [2.45, 2.75) is 18.6 Å². The van der Waals surface area contributed by atoms with Gasteiger partial charge in [0.2, 0.25) is 0 Å². The maximum Gasteiger partial charge on any atom is 0.161 e. The standard InChI is InChI=1S/C14H19NO5S/c16-12-9-21(17,18)8-11(12)15-4-3-10-1-2-13-14(7-10)20-6-5-19-13/h1-2,7,11-12,15-16H,3-6,8-9H2/t11-,12-/m0/s1. The van der Waals surface area contributed by atoms with Crippen molar-refractivity contribution in [1.29, 1.82) is 0 Å². The van der Waals surface area contributed by atoms with E-state index in [0.717, 1.165) is 23.5 Å². The highest BCUT2D eigenvalue weighted by Gasteiger charge is 2.35. The molecule has 0 bridgehead atoms. The lowest BCUT2D eigenvalue weighted by molar-refractivity contribution is 0.166. The van der Waals surface area contributed by atoms with Crippen molar-refractivity contribution >= 4 is 9.84 Å². The molecule has 0 aliphatic carbocycles. The van der Waals surface area contributed by atoms with Crippen molar-refractivity contribution in [2.75, 3.05) is 31.3 Å². The first-order valence-corrected chi connectivity index (χ1v) is 8.86. The second-order valence-corrected chi connectivity index (χ2v) is 7.59. The minimum Gasteiger partial charge on any atom is -0.486 e. The van der Waals surface area contributed by atoms with E-state index in [0.29, 0.717) is 19.8 Å². The SMILES string of the molecule is O=S1(=O)C[C@H](NCCc2ccc3c(c2)OCCO3)[C@@H](O)C1. The van der Waals surface area contributed by atoms with Gasteiger partial charge in [-0.25, -0.2) is 8.42 Å². The molecular weight excluding hydrogens is 294 g/mol. The Morgan fingerprint density at radius 2 is 1.95 bits per heavy atom. The molecule has 7 heteroatoms.